The molecule has 7 rings (SSSR count). The highest BCUT2D eigenvalue weighted by Crippen LogP contribution is 2.40. The van der Waals surface area contributed by atoms with Gasteiger partial charge in [0.25, 0.3) is 5.89 Å². The molecule has 7 aromatic rings. The van der Waals surface area contributed by atoms with Crippen LogP contribution in [0.5, 0.6) is 0 Å². The van der Waals surface area contributed by atoms with Crippen LogP contribution < -0.4 is 5.73 Å². The van der Waals surface area contributed by atoms with Crippen molar-refractivity contribution < 1.29 is 83.0 Å². The number of ether oxygens (including phenoxy) is 1. The number of carboxylic acid groups (broad SMARTS) is 2. The van der Waals surface area contributed by atoms with Crippen LogP contribution in [0.25, 0.3) is 45.0 Å². The van der Waals surface area contributed by atoms with E-state index < -0.39 is 80.7 Å². The molecule has 22 heteroatoms. The van der Waals surface area contributed by atoms with E-state index in [0.717, 1.165) is 6.07 Å². The molecule has 306 valence electrons. The number of rotatable bonds is 6. The summed E-state index contributed by atoms with van der Waals surface area (Å²) in [5, 5.41) is 31.3. The topological polar surface area (TPSA) is 225 Å². The van der Waals surface area contributed by atoms with Gasteiger partial charge in [0.1, 0.15) is 0 Å². The van der Waals surface area contributed by atoms with E-state index in [1.54, 1.807) is 24.3 Å². The molecule has 0 bridgehead atoms. The van der Waals surface area contributed by atoms with Crippen molar-refractivity contribution in [3.05, 3.63) is 130 Å². The number of halogens is 8. The number of carbonyl (C=O) groups excluding carboxylic acids is 1. The van der Waals surface area contributed by atoms with Gasteiger partial charge in [0.15, 0.2) is 34.4 Å². The fourth-order valence-corrected chi connectivity index (χ4v) is 5.04. The minimum Gasteiger partial charge on any atom is -0.478 e. The third kappa shape index (κ3) is 9.44. The minimum atomic E-state index is -4.70. The van der Waals surface area contributed by atoms with Crippen molar-refractivity contribution in [3.8, 4) is 23.0 Å². The smallest absolute Gasteiger partial charge is 0.417 e. The highest BCUT2D eigenvalue weighted by molar-refractivity contribution is 5.98. The van der Waals surface area contributed by atoms with E-state index in [9.17, 15) is 49.5 Å². The second-order valence-electron chi connectivity index (χ2n) is 11.6. The Labute approximate surface area is 322 Å². The van der Waals surface area contributed by atoms with Gasteiger partial charge in [-0.15, -0.1) is 0 Å². The van der Waals surface area contributed by atoms with Gasteiger partial charge in [-0.05, 0) is 54.6 Å². The summed E-state index contributed by atoms with van der Waals surface area (Å²) in [6.07, 6.45) is -9.40. The number of carboxylic acids is 2. The summed E-state index contributed by atoms with van der Waals surface area (Å²) >= 11 is 0. The molecule has 0 aliphatic rings. The number of amidine groups is 1. The first-order chi connectivity index (χ1) is 27.7. The maximum Gasteiger partial charge on any atom is 0.417 e. The zero-order valence-electron chi connectivity index (χ0n) is 29.2. The molecule has 0 fully saturated rings. The molecule has 0 saturated carbocycles. The molecule has 0 aliphatic carbocycles. The summed E-state index contributed by atoms with van der Waals surface area (Å²) in [6, 6.07) is 15.8. The molecular weight excluding hydrogens is 812 g/mol. The molecule has 3 heterocycles. The number of oxime groups is 1. The summed E-state index contributed by atoms with van der Waals surface area (Å²) in [7, 11) is 1.31. The number of esters is 1. The Morgan fingerprint density at radius 1 is 0.712 bits per heavy atom. The number of furan rings is 2. The molecule has 4 aromatic carbocycles. The van der Waals surface area contributed by atoms with Crippen LogP contribution in [-0.4, -0.2) is 56.4 Å². The lowest BCUT2D eigenvalue weighted by atomic mass is 10.1. The van der Waals surface area contributed by atoms with E-state index in [2.05, 4.69) is 24.5 Å². The number of hydrogen-bond acceptors (Lipinski definition) is 11. The number of fused-ring (bicyclic) bond motifs is 2. The molecule has 0 amide bonds. The van der Waals surface area contributed by atoms with Crippen LogP contribution >= 0.6 is 0 Å². The molecular formula is C37H22F8N4O10. The first-order valence-corrected chi connectivity index (χ1v) is 15.9. The average Bonchev–Trinajstić information content (AvgIpc) is 3.97. The van der Waals surface area contributed by atoms with Crippen LogP contribution in [-0.2, 0) is 17.1 Å². The van der Waals surface area contributed by atoms with Gasteiger partial charge < -0.3 is 39.2 Å². The summed E-state index contributed by atoms with van der Waals surface area (Å²) in [5.74, 6) is -6.25. The number of carbonyl (C=O) groups is 3. The number of hydrogen-bond donors (Lipinski definition) is 4. The first kappa shape index (κ1) is 42.4. The maximum absolute atomic E-state index is 13.9. The summed E-state index contributed by atoms with van der Waals surface area (Å²) in [6.45, 7) is 0. The minimum absolute atomic E-state index is 0.00131. The number of aromatic carboxylic acids is 2. The molecule has 59 heavy (non-hydrogen) atoms. The Bertz CT molecular complexity index is 2700. The Morgan fingerprint density at radius 2 is 1.22 bits per heavy atom. The predicted molar refractivity (Wildman–Crippen MR) is 185 cm³/mol. The fourth-order valence-electron chi connectivity index (χ4n) is 5.04. The van der Waals surface area contributed by atoms with Crippen LogP contribution in [0.2, 0.25) is 0 Å². The number of nitrogens with two attached hydrogens (primary N) is 1. The molecule has 14 nitrogen and oxygen atoms in total. The highest BCUT2D eigenvalue weighted by atomic mass is 19.4. The third-order valence-corrected chi connectivity index (χ3v) is 7.83. The average molecular weight is 835 g/mol. The quantitative estimate of drug-likeness (QED) is 0.0307. The Kier molecular flexibility index (Phi) is 12.0. The lowest BCUT2D eigenvalue weighted by Gasteiger charge is -2.06. The SMILES string of the molecule is COC(=O)c1ccc(/C(N)=N\O)cc1.O=C(O)c1cc2c(C(F)(F)F)ccc(F)c2o1.O=C(O)c1ccc(-c2noc(-c3cc4c(C(F)(F)F)ccc(F)c4o3)n2)cc1. The van der Waals surface area contributed by atoms with E-state index in [1.807, 2.05) is 0 Å². The summed E-state index contributed by atoms with van der Waals surface area (Å²) in [5.41, 5.74) is 3.30. The molecule has 0 unspecified atom stereocenters. The number of nitrogens with zero attached hydrogens (tertiary/aromatic N) is 3. The number of benzene rings is 4. The van der Waals surface area contributed by atoms with Gasteiger partial charge in [0, 0.05) is 28.0 Å². The number of methoxy groups -OCH3 is 1. The molecule has 0 radical (unpaired) electrons. The number of alkyl halides is 6. The van der Waals surface area contributed by atoms with Crippen molar-refractivity contribution in [2.75, 3.05) is 7.11 Å². The maximum atomic E-state index is 13.9. The Morgan fingerprint density at radius 3 is 1.71 bits per heavy atom. The standard InChI is InChI=1S/C18H8F4N2O4.C10H4F4O3.C9H10N2O3/c19-12-6-5-11(18(20,21)22)10-7-13(27-14(10)12)16-23-15(24-28-16)8-1-3-9(4-2-8)17(25)26;11-6-2-1-5(10(12,13)14)4-3-7(9(15)16)17-8(4)6;1-14-9(12)7-4-2-6(3-5-7)8(10)11-13/h1-7H,(H,25,26);1-3H,(H,15,16);2-5,13H,1H3,(H2,10,11). The van der Waals surface area contributed by atoms with Crippen molar-refractivity contribution in [2.45, 2.75) is 12.4 Å². The van der Waals surface area contributed by atoms with Gasteiger partial charge in [-0.3, -0.25) is 0 Å². The molecule has 0 saturated heterocycles. The highest BCUT2D eigenvalue weighted by Gasteiger charge is 2.36. The lowest BCUT2D eigenvalue weighted by molar-refractivity contribution is -0.137. The van der Waals surface area contributed by atoms with Gasteiger partial charge in [-0.25, -0.2) is 23.2 Å². The largest absolute Gasteiger partial charge is 0.478 e. The molecule has 0 atom stereocenters. The van der Waals surface area contributed by atoms with Crippen molar-refractivity contribution in [1.82, 2.24) is 10.1 Å². The zero-order valence-corrected chi connectivity index (χ0v) is 29.2. The van der Waals surface area contributed by atoms with Crippen molar-refractivity contribution >= 4 is 45.7 Å². The Hall–Kier alpha value is -7.78. The predicted octanol–water partition coefficient (Wildman–Crippen LogP) is 8.86. The van der Waals surface area contributed by atoms with Crippen LogP contribution in [0.15, 0.2) is 103 Å². The van der Waals surface area contributed by atoms with Crippen molar-refractivity contribution in [3.63, 3.8) is 0 Å². The van der Waals surface area contributed by atoms with E-state index >= 15 is 0 Å². The molecule has 0 spiro atoms. The van der Waals surface area contributed by atoms with Gasteiger partial charge in [-0.1, -0.05) is 34.6 Å². The second kappa shape index (κ2) is 16.8. The van der Waals surface area contributed by atoms with Gasteiger partial charge in [0.2, 0.25) is 11.6 Å². The molecule has 3 aromatic heterocycles. The lowest BCUT2D eigenvalue weighted by Crippen LogP contribution is -2.13. The van der Waals surface area contributed by atoms with Gasteiger partial charge >= 0.3 is 30.3 Å². The van der Waals surface area contributed by atoms with E-state index in [0.29, 0.717) is 47.0 Å². The summed E-state index contributed by atoms with van der Waals surface area (Å²) < 4.78 is 123. The summed E-state index contributed by atoms with van der Waals surface area (Å²) in [4.78, 5) is 36.5. The molecule has 5 N–H and O–H groups in total. The second-order valence-corrected chi connectivity index (χ2v) is 11.6. The van der Waals surface area contributed by atoms with Crippen molar-refractivity contribution in [1.29, 1.82) is 0 Å². The third-order valence-electron chi connectivity index (χ3n) is 7.83. The zero-order chi connectivity index (χ0) is 43.4. The number of aromatic nitrogens is 2. The van der Waals surface area contributed by atoms with Crippen LogP contribution in [0.1, 0.15) is 48.0 Å². The fraction of sp³-hybridized carbons (Fsp3) is 0.0811. The van der Waals surface area contributed by atoms with Gasteiger partial charge in [-0.2, -0.15) is 31.3 Å². The normalized spacial score (nSPS) is 11.7. The van der Waals surface area contributed by atoms with Crippen LogP contribution in [0, 0.1) is 11.6 Å². The van der Waals surface area contributed by atoms with E-state index in [1.165, 1.54) is 31.4 Å². The van der Waals surface area contributed by atoms with Crippen molar-refractivity contribution in [2.24, 2.45) is 10.9 Å². The molecule has 0 aliphatic heterocycles. The Balaban J connectivity index is 0.000000183. The van der Waals surface area contributed by atoms with Crippen LogP contribution in [0.4, 0.5) is 35.1 Å². The first-order valence-electron chi connectivity index (χ1n) is 15.9. The monoisotopic (exact) mass is 834 g/mol. The van der Waals surface area contributed by atoms with Gasteiger partial charge in [0.05, 0.1) is 29.4 Å². The van der Waals surface area contributed by atoms with Crippen LogP contribution in [0.3, 0.4) is 0 Å². The van der Waals surface area contributed by atoms with E-state index in [4.69, 9.17) is 30.1 Å². The van der Waals surface area contributed by atoms with E-state index in [-0.39, 0.29) is 28.9 Å².